The van der Waals surface area contributed by atoms with E-state index in [1.807, 2.05) is 0 Å². The molecule has 0 radical (unpaired) electrons. The second-order valence-corrected chi connectivity index (χ2v) is 10.3. The van der Waals surface area contributed by atoms with Crippen molar-refractivity contribution >= 4 is 23.5 Å². The Morgan fingerprint density at radius 3 is 1.82 bits per heavy atom. The predicted octanol–water partition coefficient (Wildman–Crippen LogP) is 2.07. The van der Waals surface area contributed by atoms with Crippen LogP contribution in [0.25, 0.3) is 0 Å². The summed E-state index contributed by atoms with van der Waals surface area (Å²) in [6.45, 7) is 2.99. The topological polar surface area (TPSA) is 180 Å². The number of hydrogen-bond acceptors (Lipinski definition) is 9. The molecule has 1 fully saturated rings. The summed E-state index contributed by atoms with van der Waals surface area (Å²) in [5.41, 5.74) is -6.79. The molecule has 11 nitrogen and oxygen atoms in total. The molecule has 0 spiro atoms. The number of Topliss-reactive ketones (excluding diaryl/α,β-unsaturated/α-hetero) is 2. The lowest BCUT2D eigenvalue weighted by Crippen LogP contribution is -2.71. The van der Waals surface area contributed by atoms with Crippen molar-refractivity contribution in [1.82, 2.24) is 5.32 Å². The van der Waals surface area contributed by atoms with Crippen LogP contribution in [0.4, 0.5) is 4.39 Å². The van der Waals surface area contributed by atoms with E-state index < -0.39 is 45.8 Å². The van der Waals surface area contributed by atoms with E-state index in [2.05, 4.69) is 5.32 Å². The van der Waals surface area contributed by atoms with E-state index >= 15 is 0 Å². The van der Waals surface area contributed by atoms with Gasteiger partial charge in [-0.1, -0.05) is 60.7 Å². The van der Waals surface area contributed by atoms with Crippen LogP contribution in [0.3, 0.4) is 0 Å². The van der Waals surface area contributed by atoms with Gasteiger partial charge in [0.2, 0.25) is 11.6 Å². The number of carboxylic acids is 2. The summed E-state index contributed by atoms with van der Waals surface area (Å²) >= 11 is 0. The second-order valence-electron chi connectivity index (χ2n) is 10.3. The van der Waals surface area contributed by atoms with Crippen LogP contribution in [-0.2, 0) is 27.2 Å². The predicted molar refractivity (Wildman–Crippen MR) is 153 cm³/mol. The molecule has 5 N–H and O–H groups in total. The van der Waals surface area contributed by atoms with Crippen molar-refractivity contribution in [3.8, 4) is 5.75 Å². The van der Waals surface area contributed by atoms with Gasteiger partial charge in [0.05, 0.1) is 6.61 Å². The molecular formula is C32H32FNO10. The minimum absolute atomic E-state index is 0.0922. The third kappa shape index (κ3) is 6.38. The first kappa shape index (κ1) is 32.4. The highest BCUT2D eigenvalue weighted by atomic mass is 19.1. The van der Waals surface area contributed by atoms with Crippen molar-refractivity contribution in [3.05, 3.63) is 101 Å². The molecule has 3 aromatic carbocycles. The van der Waals surface area contributed by atoms with Gasteiger partial charge < -0.3 is 35.2 Å². The number of halogens is 1. The van der Waals surface area contributed by atoms with Gasteiger partial charge in [0, 0.05) is 29.8 Å². The highest BCUT2D eigenvalue weighted by molar-refractivity contribution is 6.28. The highest BCUT2D eigenvalue weighted by Crippen LogP contribution is 2.33. The minimum Gasteiger partial charge on any atom is -0.491 e. The Bertz CT molecular complexity index is 1440. The smallest absolute Gasteiger partial charge is 0.348 e. The number of aliphatic carboxylic acids is 2. The average molecular weight is 610 g/mol. The molecule has 1 saturated heterocycles. The van der Waals surface area contributed by atoms with Crippen molar-refractivity contribution in [2.24, 2.45) is 0 Å². The molecular weight excluding hydrogens is 577 g/mol. The molecule has 0 saturated carbocycles. The fourth-order valence-corrected chi connectivity index (χ4v) is 5.10. The molecule has 0 bridgehead atoms. The summed E-state index contributed by atoms with van der Waals surface area (Å²) in [4.78, 5) is 48.5. The van der Waals surface area contributed by atoms with Gasteiger partial charge in [-0.15, -0.1) is 0 Å². The molecule has 0 amide bonds. The van der Waals surface area contributed by atoms with E-state index in [0.29, 0.717) is 6.61 Å². The number of fused-ring (bicyclic) bond motifs is 1. The van der Waals surface area contributed by atoms with Crippen molar-refractivity contribution in [3.63, 3.8) is 0 Å². The molecule has 3 atom stereocenters. The standard InChI is InChI=1S/C18H14O8.C14H18FNO2/c19-13(11-7-3-1-4-8-11)17(25,15(21)22)18(26,16(23)24)14(20)12-9-5-2-6-10-12;15-13-4-5-14(12-3-1-2-11(12)13)18-9-10-8-16-6-7-17-10/h1-10,25-26H,(H,21,22)(H,23,24);4-5,10,16H,1-3,6-9H2. The quantitative estimate of drug-likeness (QED) is 0.168. The number of carboxylic acid groups (broad SMARTS) is 2. The van der Waals surface area contributed by atoms with Crippen LogP contribution in [0.2, 0.25) is 0 Å². The first-order chi connectivity index (χ1) is 21.0. The zero-order chi connectivity index (χ0) is 31.9. The maximum Gasteiger partial charge on any atom is 0.348 e. The first-order valence-corrected chi connectivity index (χ1v) is 13.9. The maximum absolute atomic E-state index is 13.6. The van der Waals surface area contributed by atoms with E-state index in [9.17, 15) is 44.0 Å². The van der Waals surface area contributed by atoms with Gasteiger partial charge in [-0.25, -0.2) is 14.0 Å². The Morgan fingerprint density at radius 2 is 1.34 bits per heavy atom. The molecule has 44 heavy (non-hydrogen) atoms. The number of ketones is 2. The van der Waals surface area contributed by atoms with Crippen LogP contribution in [0.1, 0.15) is 38.3 Å². The number of ether oxygens (including phenoxy) is 2. The monoisotopic (exact) mass is 609 g/mol. The lowest BCUT2D eigenvalue weighted by molar-refractivity contribution is -0.187. The number of morpholine rings is 1. The van der Waals surface area contributed by atoms with E-state index in [0.717, 1.165) is 80.1 Å². The second kappa shape index (κ2) is 13.9. The molecule has 3 aromatic rings. The van der Waals surface area contributed by atoms with Gasteiger partial charge >= 0.3 is 11.9 Å². The Labute approximate surface area is 251 Å². The number of rotatable bonds is 10. The zero-order valence-corrected chi connectivity index (χ0v) is 23.6. The van der Waals surface area contributed by atoms with Gasteiger partial charge in [-0.05, 0) is 37.0 Å². The molecule has 232 valence electrons. The largest absolute Gasteiger partial charge is 0.491 e. The van der Waals surface area contributed by atoms with E-state index in [1.165, 1.54) is 42.5 Å². The fourth-order valence-electron chi connectivity index (χ4n) is 5.10. The lowest BCUT2D eigenvalue weighted by Gasteiger charge is -2.34. The normalized spacial score (nSPS) is 18.4. The summed E-state index contributed by atoms with van der Waals surface area (Å²) in [6, 6.07) is 16.1. The summed E-state index contributed by atoms with van der Waals surface area (Å²) in [5.74, 6) is -7.29. The average Bonchev–Trinajstić information content (AvgIpc) is 3.56. The van der Waals surface area contributed by atoms with E-state index in [-0.39, 0.29) is 11.9 Å². The van der Waals surface area contributed by atoms with Gasteiger partial charge in [-0.3, -0.25) is 9.59 Å². The van der Waals surface area contributed by atoms with Crippen molar-refractivity contribution in [2.45, 2.75) is 36.6 Å². The number of benzene rings is 3. The van der Waals surface area contributed by atoms with Crippen LogP contribution in [0.15, 0.2) is 72.8 Å². The van der Waals surface area contributed by atoms with Crippen molar-refractivity contribution in [2.75, 3.05) is 26.3 Å². The zero-order valence-electron chi connectivity index (χ0n) is 23.6. The Balaban J connectivity index is 0.000000213. The maximum atomic E-state index is 13.6. The Hall–Kier alpha value is -4.49. The van der Waals surface area contributed by atoms with Crippen LogP contribution < -0.4 is 10.1 Å². The summed E-state index contributed by atoms with van der Waals surface area (Å²) in [6.07, 6.45) is 2.88. The van der Waals surface area contributed by atoms with Crippen LogP contribution in [-0.4, -0.2) is 87.5 Å². The van der Waals surface area contributed by atoms with Gasteiger partial charge in [0.15, 0.2) is 0 Å². The molecule has 1 heterocycles. The third-order valence-electron chi connectivity index (χ3n) is 7.49. The third-order valence-corrected chi connectivity index (χ3v) is 7.49. The number of aliphatic hydroxyl groups is 2. The molecule has 3 unspecified atom stereocenters. The molecule has 5 rings (SSSR count). The van der Waals surface area contributed by atoms with Crippen molar-refractivity contribution < 1.29 is 53.5 Å². The number of carbonyl (C=O) groups excluding carboxylic acids is 2. The Morgan fingerprint density at radius 1 is 0.818 bits per heavy atom. The molecule has 12 heteroatoms. The molecule has 1 aliphatic heterocycles. The van der Waals surface area contributed by atoms with E-state index in [4.69, 9.17) is 9.47 Å². The van der Waals surface area contributed by atoms with Crippen LogP contribution in [0.5, 0.6) is 5.75 Å². The minimum atomic E-state index is -3.95. The molecule has 2 aliphatic rings. The van der Waals surface area contributed by atoms with Crippen LogP contribution >= 0.6 is 0 Å². The summed E-state index contributed by atoms with van der Waals surface area (Å²) < 4.78 is 25.0. The molecule has 1 aliphatic carbocycles. The van der Waals surface area contributed by atoms with Gasteiger partial charge in [0.25, 0.3) is 11.2 Å². The highest BCUT2D eigenvalue weighted by Gasteiger charge is 2.69. The Kier molecular flexibility index (Phi) is 10.2. The summed E-state index contributed by atoms with van der Waals surface area (Å²) in [7, 11) is 0. The van der Waals surface area contributed by atoms with Crippen LogP contribution in [0, 0.1) is 5.82 Å². The lowest BCUT2D eigenvalue weighted by atomic mass is 9.73. The fraction of sp³-hybridized carbons (Fsp3) is 0.312. The number of carbonyl (C=O) groups is 4. The first-order valence-electron chi connectivity index (χ1n) is 13.9. The summed E-state index contributed by atoms with van der Waals surface area (Å²) in [5, 5.41) is 43.1. The number of nitrogens with one attached hydrogen (secondary N) is 1. The van der Waals surface area contributed by atoms with Gasteiger partial charge in [0.1, 0.15) is 24.3 Å². The van der Waals surface area contributed by atoms with Gasteiger partial charge in [-0.2, -0.15) is 0 Å². The molecule has 0 aromatic heterocycles. The van der Waals surface area contributed by atoms with E-state index in [1.54, 1.807) is 6.07 Å². The number of hydrogen-bond donors (Lipinski definition) is 5. The SMILES string of the molecule is Fc1ccc(OCC2CNCCO2)c2c1CCC2.O=C(O)C(O)(C(=O)c1ccccc1)C(O)(C(=O)O)C(=O)c1ccccc1. The van der Waals surface area contributed by atoms with Crippen molar-refractivity contribution in [1.29, 1.82) is 0 Å².